The van der Waals surface area contributed by atoms with Gasteiger partial charge in [-0.25, -0.2) is 0 Å². The fraction of sp³-hybridized carbons (Fsp3) is 0.179. The predicted octanol–water partition coefficient (Wildman–Crippen LogP) is 5.89. The molecular formula is C28H25NO5S. The summed E-state index contributed by atoms with van der Waals surface area (Å²) in [5, 5.41) is -0.463. The lowest BCUT2D eigenvalue weighted by molar-refractivity contribution is -0.122. The van der Waals surface area contributed by atoms with E-state index in [1.54, 1.807) is 36.4 Å². The Bertz CT molecular complexity index is 1270. The summed E-state index contributed by atoms with van der Waals surface area (Å²) in [6.07, 6.45) is 1.63. The van der Waals surface area contributed by atoms with Crippen LogP contribution in [0, 0.1) is 6.92 Å². The zero-order chi connectivity index (χ0) is 24.8. The zero-order valence-corrected chi connectivity index (χ0v) is 20.3. The van der Waals surface area contributed by atoms with Gasteiger partial charge in [-0.2, -0.15) is 0 Å². The molecule has 0 N–H and O–H groups in total. The molecule has 0 spiro atoms. The van der Waals surface area contributed by atoms with Crippen molar-refractivity contribution < 1.29 is 23.9 Å². The van der Waals surface area contributed by atoms with Gasteiger partial charge in [0.15, 0.2) is 17.3 Å². The standard InChI is InChI=1S/C28H25NO5S/c1-3-33-25-15-21(11-14-24(25)34-18-20-7-5-4-6-8-20)16-26-27(31)29(28(32)35-26)17-23(30)22-12-9-19(2)10-13-22/h4-16H,3,17-18H2,1-2H3/b26-16-. The smallest absolute Gasteiger partial charge is 0.293 e. The van der Waals surface area contributed by atoms with Gasteiger partial charge in [0.05, 0.1) is 18.1 Å². The van der Waals surface area contributed by atoms with Crippen LogP contribution in [0.5, 0.6) is 11.5 Å². The third-order valence-corrected chi connectivity index (χ3v) is 6.26. The second-order valence-corrected chi connectivity index (χ2v) is 8.96. The van der Waals surface area contributed by atoms with Crippen molar-refractivity contribution in [3.05, 3.63) is 100.0 Å². The number of carbonyl (C=O) groups is 3. The highest BCUT2D eigenvalue weighted by Gasteiger charge is 2.36. The highest BCUT2D eigenvalue weighted by atomic mass is 32.2. The zero-order valence-electron chi connectivity index (χ0n) is 19.5. The molecule has 0 saturated carbocycles. The molecule has 4 rings (SSSR count). The number of nitrogens with zero attached hydrogens (tertiary/aromatic N) is 1. The average Bonchev–Trinajstić information content (AvgIpc) is 3.12. The summed E-state index contributed by atoms with van der Waals surface area (Å²) in [5.41, 5.74) is 3.22. The molecule has 0 bridgehead atoms. The molecule has 6 nitrogen and oxygen atoms in total. The molecule has 7 heteroatoms. The minimum Gasteiger partial charge on any atom is -0.490 e. The number of thioether (sulfide) groups is 1. The first kappa shape index (κ1) is 24.3. The largest absolute Gasteiger partial charge is 0.490 e. The van der Waals surface area contributed by atoms with E-state index in [4.69, 9.17) is 9.47 Å². The number of aryl methyl sites for hydroxylation is 1. The second kappa shape index (κ2) is 11.1. The fourth-order valence-corrected chi connectivity index (χ4v) is 4.34. The Morgan fingerprint density at radius 1 is 0.943 bits per heavy atom. The van der Waals surface area contributed by atoms with Crippen molar-refractivity contribution in [2.24, 2.45) is 0 Å². The van der Waals surface area contributed by atoms with Crippen LogP contribution in [0.4, 0.5) is 4.79 Å². The summed E-state index contributed by atoms with van der Waals surface area (Å²) < 4.78 is 11.7. The first-order chi connectivity index (χ1) is 16.9. The van der Waals surface area contributed by atoms with Crippen LogP contribution in [-0.4, -0.2) is 35.0 Å². The van der Waals surface area contributed by atoms with E-state index in [0.717, 1.165) is 27.8 Å². The number of amides is 2. The maximum absolute atomic E-state index is 12.9. The number of benzene rings is 3. The Morgan fingerprint density at radius 3 is 2.40 bits per heavy atom. The first-order valence-corrected chi connectivity index (χ1v) is 12.0. The normalized spacial score (nSPS) is 14.5. The topological polar surface area (TPSA) is 72.9 Å². The number of hydrogen-bond donors (Lipinski definition) is 0. The Morgan fingerprint density at radius 2 is 1.69 bits per heavy atom. The van der Waals surface area contributed by atoms with Crippen LogP contribution in [0.25, 0.3) is 6.08 Å². The maximum atomic E-state index is 12.9. The number of Topliss-reactive ketones (excluding diaryl/α,β-unsaturated/α-hetero) is 1. The minimum absolute atomic E-state index is 0.257. The Labute approximate surface area is 208 Å². The van der Waals surface area contributed by atoms with Crippen LogP contribution in [0.2, 0.25) is 0 Å². The molecule has 1 fully saturated rings. The van der Waals surface area contributed by atoms with Gasteiger partial charge in [0.1, 0.15) is 6.61 Å². The van der Waals surface area contributed by atoms with Gasteiger partial charge in [-0.1, -0.05) is 66.2 Å². The summed E-state index contributed by atoms with van der Waals surface area (Å²) >= 11 is 0.821. The molecule has 2 amide bonds. The first-order valence-electron chi connectivity index (χ1n) is 11.2. The molecule has 35 heavy (non-hydrogen) atoms. The van der Waals surface area contributed by atoms with E-state index >= 15 is 0 Å². The summed E-state index contributed by atoms with van der Waals surface area (Å²) in [6.45, 7) is 4.36. The maximum Gasteiger partial charge on any atom is 0.293 e. The Kier molecular flexibility index (Phi) is 7.67. The lowest BCUT2D eigenvalue weighted by Crippen LogP contribution is -2.33. The third-order valence-electron chi connectivity index (χ3n) is 5.35. The molecule has 1 heterocycles. The molecule has 178 valence electrons. The van der Waals surface area contributed by atoms with E-state index in [0.29, 0.717) is 35.8 Å². The number of imide groups is 1. The van der Waals surface area contributed by atoms with E-state index < -0.39 is 11.1 Å². The average molecular weight is 488 g/mol. The summed E-state index contributed by atoms with van der Waals surface area (Å²) in [4.78, 5) is 39.2. The minimum atomic E-state index is -0.483. The van der Waals surface area contributed by atoms with Crippen LogP contribution in [0.1, 0.15) is 34.0 Å². The quantitative estimate of drug-likeness (QED) is 0.277. The number of ketones is 1. The van der Waals surface area contributed by atoms with Crippen LogP contribution in [0.3, 0.4) is 0 Å². The lowest BCUT2D eigenvalue weighted by Gasteiger charge is -2.13. The molecule has 0 radical (unpaired) electrons. The molecule has 3 aromatic carbocycles. The second-order valence-electron chi connectivity index (χ2n) is 7.97. The predicted molar refractivity (Wildman–Crippen MR) is 137 cm³/mol. The Hall–Kier alpha value is -3.84. The molecule has 1 saturated heterocycles. The van der Waals surface area contributed by atoms with Gasteiger partial charge in [0, 0.05) is 5.56 Å². The number of carbonyl (C=O) groups excluding carboxylic acids is 3. The molecule has 1 aliphatic heterocycles. The van der Waals surface area contributed by atoms with Crippen molar-refractivity contribution in [3.63, 3.8) is 0 Å². The van der Waals surface area contributed by atoms with Crippen molar-refractivity contribution >= 4 is 34.8 Å². The van der Waals surface area contributed by atoms with Gasteiger partial charge in [0.2, 0.25) is 0 Å². The molecule has 0 atom stereocenters. The third kappa shape index (κ3) is 6.00. The van der Waals surface area contributed by atoms with Crippen LogP contribution < -0.4 is 9.47 Å². The number of ether oxygens (including phenoxy) is 2. The van der Waals surface area contributed by atoms with Gasteiger partial charge < -0.3 is 9.47 Å². The molecule has 0 unspecified atom stereocenters. The number of hydrogen-bond acceptors (Lipinski definition) is 6. The summed E-state index contributed by atoms with van der Waals surface area (Å²) in [6, 6.07) is 22.2. The van der Waals surface area contributed by atoms with Crippen LogP contribution in [0.15, 0.2) is 77.7 Å². The highest BCUT2D eigenvalue weighted by molar-refractivity contribution is 8.18. The molecule has 0 aliphatic carbocycles. The molecular weight excluding hydrogens is 462 g/mol. The monoisotopic (exact) mass is 487 g/mol. The van der Waals surface area contributed by atoms with Gasteiger partial charge in [-0.15, -0.1) is 0 Å². The highest BCUT2D eigenvalue weighted by Crippen LogP contribution is 2.35. The van der Waals surface area contributed by atoms with E-state index in [1.807, 2.05) is 56.3 Å². The van der Waals surface area contributed by atoms with Crippen molar-refractivity contribution in [3.8, 4) is 11.5 Å². The fourth-order valence-electron chi connectivity index (χ4n) is 3.50. The van der Waals surface area contributed by atoms with E-state index in [1.165, 1.54) is 0 Å². The molecule has 1 aliphatic rings. The van der Waals surface area contributed by atoms with E-state index in [-0.39, 0.29) is 17.2 Å². The van der Waals surface area contributed by atoms with Crippen molar-refractivity contribution in [1.82, 2.24) is 4.90 Å². The summed E-state index contributed by atoms with van der Waals surface area (Å²) in [7, 11) is 0. The molecule has 3 aromatic rings. The number of rotatable bonds is 9. The van der Waals surface area contributed by atoms with Gasteiger partial charge in [0.25, 0.3) is 11.1 Å². The van der Waals surface area contributed by atoms with Crippen molar-refractivity contribution in [2.45, 2.75) is 20.5 Å². The summed E-state index contributed by atoms with van der Waals surface area (Å²) in [5.74, 6) is 0.366. The van der Waals surface area contributed by atoms with Crippen molar-refractivity contribution in [1.29, 1.82) is 0 Å². The van der Waals surface area contributed by atoms with Crippen LogP contribution in [-0.2, 0) is 11.4 Å². The lowest BCUT2D eigenvalue weighted by atomic mass is 10.1. The van der Waals surface area contributed by atoms with Gasteiger partial charge >= 0.3 is 0 Å². The van der Waals surface area contributed by atoms with Crippen molar-refractivity contribution in [2.75, 3.05) is 13.2 Å². The van der Waals surface area contributed by atoms with E-state index in [9.17, 15) is 14.4 Å². The van der Waals surface area contributed by atoms with Gasteiger partial charge in [-0.05, 0) is 54.9 Å². The Balaban J connectivity index is 1.48. The molecule has 0 aromatic heterocycles. The SMILES string of the molecule is CCOc1cc(/C=C2\SC(=O)N(CC(=O)c3ccc(C)cc3)C2=O)ccc1OCc1ccccc1. The van der Waals surface area contributed by atoms with Gasteiger partial charge in [-0.3, -0.25) is 19.3 Å². The van der Waals surface area contributed by atoms with E-state index in [2.05, 4.69) is 0 Å². The van der Waals surface area contributed by atoms with Crippen LogP contribution >= 0.6 is 11.8 Å².